The molecule has 3 aromatic rings. The Morgan fingerprint density at radius 2 is 1.84 bits per heavy atom. The Balaban J connectivity index is 2.04. The molecule has 4 heteroatoms. The van der Waals surface area contributed by atoms with Crippen LogP contribution in [-0.4, -0.2) is 15.2 Å². The fourth-order valence-electron chi connectivity index (χ4n) is 1.96. The van der Waals surface area contributed by atoms with E-state index in [2.05, 4.69) is 4.98 Å². The van der Waals surface area contributed by atoms with Crippen molar-refractivity contribution in [2.24, 2.45) is 0 Å². The maximum atomic E-state index is 12.3. The van der Waals surface area contributed by atoms with Crippen LogP contribution >= 0.6 is 11.6 Å². The number of carbonyl (C=O) groups excluding carboxylic acids is 1. The van der Waals surface area contributed by atoms with Gasteiger partial charge in [-0.1, -0.05) is 17.7 Å². The molecule has 0 aliphatic carbocycles. The number of carbonyl (C=O) groups is 1. The van der Waals surface area contributed by atoms with Crippen LogP contribution in [-0.2, 0) is 0 Å². The number of hydrogen-bond acceptors (Lipinski definition) is 2. The molecule has 0 fully saturated rings. The predicted molar refractivity (Wildman–Crippen MR) is 74.8 cm³/mol. The van der Waals surface area contributed by atoms with E-state index in [9.17, 15) is 4.79 Å². The van der Waals surface area contributed by atoms with E-state index in [-0.39, 0.29) is 5.78 Å². The van der Waals surface area contributed by atoms with Gasteiger partial charge in [-0.25, -0.2) is 4.98 Å². The van der Waals surface area contributed by atoms with Crippen LogP contribution in [0.1, 0.15) is 21.6 Å². The summed E-state index contributed by atoms with van der Waals surface area (Å²) in [5.41, 5.74) is 2.91. The van der Waals surface area contributed by atoms with E-state index in [1.165, 1.54) is 0 Å². The SMILES string of the molecule is Cc1ccc2nc(C(=O)c3ccc(Cl)cc3)cn2c1. The van der Waals surface area contributed by atoms with Gasteiger partial charge in [0.1, 0.15) is 11.3 Å². The number of nitrogens with zero attached hydrogens (tertiary/aromatic N) is 2. The van der Waals surface area contributed by atoms with Crippen LogP contribution in [0.3, 0.4) is 0 Å². The number of fused-ring (bicyclic) bond motifs is 1. The maximum Gasteiger partial charge on any atom is 0.212 e. The number of benzene rings is 1. The quantitative estimate of drug-likeness (QED) is 0.668. The van der Waals surface area contributed by atoms with Gasteiger partial charge in [0, 0.05) is 23.0 Å². The zero-order chi connectivity index (χ0) is 13.4. The third-order valence-corrected chi connectivity index (χ3v) is 3.19. The minimum absolute atomic E-state index is 0.0991. The molecule has 0 amide bonds. The van der Waals surface area contributed by atoms with Crippen LogP contribution in [0.5, 0.6) is 0 Å². The second kappa shape index (κ2) is 4.52. The standard InChI is InChI=1S/C15H11ClN2O/c1-10-2-7-14-17-13(9-18(14)8-10)15(19)11-3-5-12(16)6-4-11/h2-9H,1H3. The van der Waals surface area contributed by atoms with Crippen molar-refractivity contribution in [1.29, 1.82) is 0 Å². The minimum Gasteiger partial charge on any atom is -0.306 e. The van der Waals surface area contributed by atoms with Crippen molar-refractivity contribution >= 4 is 23.0 Å². The fraction of sp³-hybridized carbons (Fsp3) is 0.0667. The summed E-state index contributed by atoms with van der Waals surface area (Å²) >= 11 is 5.81. The average molecular weight is 271 g/mol. The van der Waals surface area contributed by atoms with E-state index in [1.807, 2.05) is 29.7 Å². The van der Waals surface area contributed by atoms with Crippen LogP contribution in [0, 0.1) is 6.92 Å². The van der Waals surface area contributed by atoms with Gasteiger partial charge in [-0.2, -0.15) is 0 Å². The summed E-state index contributed by atoms with van der Waals surface area (Å²) in [5, 5.41) is 0.613. The van der Waals surface area contributed by atoms with Crippen molar-refractivity contribution in [2.75, 3.05) is 0 Å². The Kier molecular flexibility index (Phi) is 2.84. The summed E-state index contributed by atoms with van der Waals surface area (Å²) in [6.07, 6.45) is 3.69. The Bertz CT molecular complexity index is 759. The van der Waals surface area contributed by atoms with Crippen molar-refractivity contribution in [3.63, 3.8) is 0 Å². The molecule has 0 radical (unpaired) electrons. The zero-order valence-corrected chi connectivity index (χ0v) is 11.1. The Morgan fingerprint density at radius 1 is 1.11 bits per heavy atom. The molecule has 0 aliphatic rings. The Labute approximate surface area is 115 Å². The van der Waals surface area contributed by atoms with Crippen LogP contribution in [0.4, 0.5) is 0 Å². The topological polar surface area (TPSA) is 34.4 Å². The second-order valence-electron chi connectivity index (χ2n) is 4.43. The predicted octanol–water partition coefficient (Wildman–Crippen LogP) is 3.53. The summed E-state index contributed by atoms with van der Waals surface area (Å²) in [6.45, 7) is 2.00. The van der Waals surface area contributed by atoms with Gasteiger partial charge in [-0.15, -0.1) is 0 Å². The first-order chi connectivity index (χ1) is 9.13. The van der Waals surface area contributed by atoms with E-state index in [1.54, 1.807) is 30.5 Å². The molecule has 0 unspecified atom stereocenters. The molecular formula is C15H11ClN2O. The second-order valence-corrected chi connectivity index (χ2v) is 4.87. The van der Waals surface area contributed by atoms with E-state index in [4.69, 9.17) is 11.6 Å². The summed E-state index contributed by atoms with van der Waals surface area (Å²) in [4.78, 5) is 16.6. The molecule has 0 saturated heterocycles. The first kappa shape index (κ1) is 11.9. The normalized spacial score (nSPS) is 10.8. The van der Waals surface area contributed by atoms with Gasteiger partial charge >= 0.3 is 0 Å². The molecule has 0 bridgehead atoms. The van der Waals surface area contributed by atoms with Crippen molar-refractivity contribution < 1.29 is 4.79 Å². The van der Waals surface area contributed by atoms with Crippen LogP contribution < -0.4 is 0 Å². The fourth-order valence-corrected chi connectivity index (χ4v) is 2.09. The molecule has 2 heterocycles. The number of aromatic nitrogens is 2. The number of imidazole rings is 1. The highest BCUT2D eigenvalue weighted by atomic mass is 35.5. The van der Waals surface area contributed by atoms with Crippen LogP contribution in [0.15, 0.2) is 48.8 Å². The van der Waals surface area contributed by atoms with E-state index >= 15 is 0 Å². The molecule has 94 valence electrons. The molecule has 3 rings (SSSR count). The number of aryl methyl sites for hydroxylation is 1. The highest BCUT2D eigenvalue weighted by Crippen LogP contribution is 2.14. The molecule has 1 aromatic carbocycles. The maximum absolute atomic E-state index is 12.3. The van der Waals surface area contributed by atoms with Gasteiger partial charge in [-0.05, 0) is 42.8 Å². The summed E-state index contributed by atoms with van der Waals surface area (Å²) < 4.78 is 1.86. The van der Waals surface area contributed by atoms with Gasteiger partial charge < -0.3 is 4.40 Å². The van der Waals surface area contributed by atoms with Gasteiger partial charge in [0.15, 0.2) is 0 Å². The third-order valence-electron chi connectivity index (χ3n) is 2.94. The molecule has 0 atom stereocenters. The number of pyridine rings is 1. The van der Waals surface area contributed by atoms with Crippen molar-refractivity contribution in [3.05, 3.63) is 70.6 Å². The molecule has 3 nitrogen and oxygen atoms in total. The lowest BCUT2D eigenvalue weighted by Gasteiger charge is -1.96. The van der Waals surface area contributed by atoms with E-state index in [0.29, 0.717) is 16.3 Å². The van der Waals surface area contributed by atoms with Crippen LogP contribution in [0.2, 0.25) is 5.02 Å². The Morgan fingerprint density at radius 3 is 2.58 bits per heavy atom. The molecular weight excluding hydrogens is 260 g/mol. The molecule has 2 aromatic heterocycles. The minimum atomic E-state index is -0.0991. The number of halogens is 1. The number of hydrogen-bond donors (Lipinski definition) is 0. The summed E-state index contributed by atoms with van der Waals surface area (Å²) in [6, 6.07) is 10.7. The lowest BCUT2D eigenvalue weighted by atomic mass is 10.1. The van der Waals surface area contributed by atoms with Crippen molar-refractivity contribution in [2.45, 2.75) is 6.92 Å². The van der Waals surface area contributed by atoms with Crippen molar-refractivity contribution in [1.82, 2.24) is 9.38 Å². The van der Waals surface area contributed by atoms with Crippen LogP contribution in [0.25, 0.3) is 5.65 Å². The third kappa shape index (κ3) is 2.25. The summed E-state index contributed by atoms with van der Waals surface area (Å²) in [5.74, 6) is -0.0991. The number of ketones is 1. The Hall–Kier alpha value is -2.13. The smallest absolute Gasteiger partial charge is 0.212 e. The van der Waals surface area contributed by atoms with Gasteiger partial charge in [0.25, 0.3) is 0 Å². The lowest BCUT2D eigenvalue weighted by molar-refractivity contribution is 0.103. The summed E-state index contributed by atoms with van der Waals surface area (Å²) in [7, 11) is 0. The highest BCUT2D eigenvalue weighted by Gasteiger charge is 2.13. The molecule has 0 spiro atoms. The molecule has 0 aliphatic heterocycles. The van der Waals surface area contributed by atoms with E-state index < -0.39 is 0 Å². The molecule has 0 N–H and O–H groups in total. The molecule has 19 heavy (non-hydrogen) atoms. The zero-order valence-electron chi connectivity index (χ0n) is 10.3. The highest BCUT2D eigenvalue weighted by molar-refractivity contribution is 6.30. The average Bonchev–Trinajstić information content (AvgIpc) is 2.81. The first-order valence-electron chi connectivity index (χ1n) is 5.89. The van der Waals surface area contributed by atoms with Gasteiger partial charge in [0.2, 0.25) is 5.78 Å². The van der Waals surface area contributed by atoms with E-state index in [0.717, 1.165) is 11.2 Å². The largest absolute Gasteiger partial charge is 0.306 e. The lowest BCUT2D eigenvalue weighted by Crippen LogP contribution is -2.01. The van der Waals surface area contributed by atoms with Gasteiger partial charge in [-0.3, -0.25) is 4.79 Å². The molecule has 0 saturated carbocycles. The van der Waals surface area contributed by atoms with Crippen molar-refractivity contribution in [3.8, 4) is 0 Å². The van der Waals surface area contributed by atoms with Gasteiger partial charge in [0.05, 0.1) is 0 Å². The number of rotatable bonds is 2. The first-order valence-corrected chi connectivity index (χ1v) is 6.27. The monoisotopic (exact) mass is 270 g/mol.